The molecule has 1 amide bonds. The van der Waals surface area contributed by atoms with Crippen molar-refractivity contribution in [2.75, 3.05) is 41.3 Å². The minimum atomic E-state index is 0.103. The number of nitrogens with one attached hydrogen (secondary N) is 2. The molecule has 2 aromatic rings. The first-order valence-corrected chi connectivity index (χ1v) is 10.3. The van der Waals surface area contributed by atoms with Gasteiger partial charge in [-0.1, -0.05) is 31.2 Å². The van der Waals surface area contributed by atoms with Gasteiger partial charge in [0, 0.05) is 62.1 Å². The minimum Gasteiger partial charge on any atom is -0.378 e. The Morgan fingerprint density at radius 2 is 1.82 bits per heavy atom. The quantitative estimate of drug-likeness (QED) is 0.856. The summed E-state index contributed by atoms with van der Waals surface area (Å²) in [6.45, 7) is 10.2. The molecule has 5 heteroatoms. The lowest BCUT2D eigenvalue weighted by molar-refractivity contribution is -0.117. The Morgan fingerprint density at radius 1 is 1.07 bits per heavy atom. The van der Waals surface area contributed by atoms with Gasteiger partial charge < -0.3 is 20.4 Å². The SMILES string of the molecule is CC(=O)N1c2ccccc2[C@H](Nc2cccc(N3CCNCC3)c2)[C@@H](C)[C@@H]1C. The zero-order chi connectivity index (χ0) is 19.7. The second-order valence-electron chi connectivity index (χ2n) is 7.96. The second-order valence-corrected chi connectivity index (χ2v) is 7.96. The summed E-state index contributed by atoms with van der Waals surface area (Å²) in [5.41, 5.74) is 4.61. The van der Waals surface area contributed by atoms with Crippen LogP contribution in [-0.4, -0.2) is 38.1 Å². The summed E-state index contributed by atoms with van der Waals surface area (Å²) in [6, 6.07) is 17.3. The maximum atomic E-state index is 12.3. The lowest BCUT2D eigenvalue weighted by Gasteiger charge is -2.44. The Balaban J connectivity index is 1.64. The lowest BCUT2D eigenvalue weighted by atomic mass is 9.82. The standard InChI is InChI=1S/C23H30N4O/c1-16-17(2)27(18(3)28)22-10-5-4-9-21(22)23(16)25-19-7-6-8-20(15-19)26-13-11-24-12-14-26/h4-10,15-17,23-25H,11-14H2,1-3H3/t16-,17-,23+/m0/s1. The molecular weight excluding hydrogens is 348 g/mol. The van der Waals surface area contributed by atoms with Crippen molar-refractivity contribution in [3.63, 3.8) is 0 Å². The number of hydrogen-bond donors (Lipinski definition) is 2. The van der Waals surface area contributed by atoms with Gasteiger partial charge in [0.2, 0.25) is 5.91 Å². The summed E-state index contributed by atoms with van der Waals surface area (Å²) < 4.78 is 0. The molecule has 0 spiro atoms. The summed E-state index contributed by atoms with van der Waals surface area (Å²) in [5, 5.41) is 7.19. The first kappa shape index (κ1) is 18.8. The molecule has 0 bridgehead atoms. The average Bonchev–Trinajstić information content (AvgIpc) is 2.72. The van der Waals surface area contributed by atoms with Gasteiger partial charge >= 0.3 is 0 Å². The van der Waals surface area contributed by atoms with Crippen molar-refractivity contribution in [1.29, 1.82) is 0 Å². The highest BCUT2D eigenvalue weighted by molar-refractivity contribution is 5.94. The van der Waals surface area contributed by atoms with Crippen LogP contribution < -0.4 is 20.4 Å². The maximum Gasteiger partial charge on any atom is 0.224 e. The summed E-state index contributed by atoms with van der Waals surface area (Å²) in [6.07, 6.45) is 0. The Hall–Kier alpha value is -2.53. The number of carbonyl (C=O) groups is 1. The fourth-order valence-corrected chi connectivity index (χ4v) is 4.55. The van der Waals surface area contributed by atoms with E-state index in [1.165, 1.54) is 11.3 Å². The average molecular weight is 379 g/mol. The van der Waals surface area contributed by atoms with Crippen LogP contribution in [0.2, 0.25) is 0 Å². The number of anilines is 3. The summed E-state index contributed by atoms with van der Waals surface area (Å²) in [7, 11) is 0. The van der Waals surface area contributed by atoms with Gasteiger partial charge in [-0.3, -0.25) is 4.79 Å². The lowest BCUT2D eigenvalue weighted by Crippen LogP contribution is -2.48. The van der Waals surface area contributed by atoms with Crippen LogP contribution in [0.4, 0.5) is 17.1 Å². The number of fused-ring (bicyclic) bond motifs is 1. The molecule has 3 atom stereocenters. The van der Waals surface area contributed by atoms with Gasteiger partial charge in [0.15, 0.2) is 0 Å². The number of hydrogen-bond acceptors (Lipinski definition) is 4. The third-order valence-corrected chi connectivity index (χ3v) is 6.22. The van der Waals surface area contributed by atoms with E-state index in [-0.39, 0.29) is 18.0 Å². The fraction of sp³-hybridized carbons (Fsp3) is 0.435. The number of para-hydroxylation sites is 1. The molecule has 4 rings (SSSR count). The maximum absolute atomic E-state index is 12.3. The monoisotopic (exact) mass is 378 g/mol. The molecule has 2 aliphatic rings. The van der Waals surface area contributed by atoms with E-state index in [2.05, 4.69) is 71.8 Å². The van der Waals surface area contributed by atoms with Crippen LogP contribution in [0.25, 0.3) is 0 Å². The van der Waals surface area contributed by atoms with E-state index in [4.69, 9.17) is 0 Å². The molecule has 2 heterocycles. The van der Waals surface area contributed by atoms with Crippen molar-refractivity contribution in [3.05, 3.63) is 54.1 Å². The van der Waals surface area contributed by atoms with E-state index in [0.29, 0.717) is 5.92 Å². The van der Waals surface area contributed by atoms with Gasteiger partial charge in [0.05, 0.1) is 6.04 Å². The third kappa shape index (κ3) is 3.47. The molecule has 0 aliphatic carbocycles. The summed E-state index contributed by atoms with van der Waals surface area (Å²) in [4.78, 5) is 16.7. The Morgan fingerprint density at radius 3 is 2.57 bits per heavy atom. The number of nitrogens with zero attached hydrogens (tertiary/aromatic N) is 2. The number of benzene rings is 2. The number of amides is 1. The van der Waals surface area contributed by atoms with Crippen LogP contribution in [-0.2, 0) is 4.79 Å². The molecule has 28 heavy (non-hydrogen) atoms. The van der Waals surface area contributed by atoms with Gasteiger partial charge in [-0.05, 0) is 36.8 Å². The Bertz CT molecular complexity index is 846. The largest absolute Gasteiger partial charge is 0.378 e. The first-order valence-electron chi connectivity index (χ1n) is 10.3. The molecule has 1 fully saturated rings. The highest BCUT2D eigenvalue weighted by Gasteiger charge is 2.37. The minimum absolute atomic E-state index is 0.103. The topological polar surface area (TPSA) is 47.6 Å². The van der Waals surface area contributed by atoms with Crippen molar-refractivity contribution in [1.82, 2.24) is 5.32 Å². The van der Waals surface area contributed by atoms with Gasteiger partial charge in [0.25, 0.3) is 0 Å². The molecule has 2 aromatic carbocycles. The molecule has 0 saturated carbocycles. The van der Waals surface area contributed by atoms with E-state index >= 15 is 0 Å². The smallest absolute Gasteiger partial charge is 0.224 e. The zero-order valence-electron chi connectivity index (χ0n) is 17.0. The van der Waals surface area contributed by atoms with E-state index in [9.17, 15) is 4.79 Å². The number of carbonyl (C=O) groups excluding carboxylic acids is 1. The molecule has 0 aromatic heterocycles. The van der Waals surface area contributed by atoms with Gasteiger partial charge in [-0.15, -0.1) is 0 Å². The van der Waals surface area contributed by atoms with Crippen LogP contribution in [0, 0.1) is 5.92 Å². The second kappa shape index (κ2) is 7.84. The van der Waals surface area contributed by atoms with Crippen molar-refractivity contribution in [2.45, 2.75) is 32.9 Å². The summed E-state index contributed by atoms with van der Waals surface area (Å²) in [5.74, 6) is 0.396. The Kier molecular flexibility index (Phi) is 5.27. The normalized spacial score (nSPS) is 24.6. The van der Waals surface area contributed by atoms with Gasteiger partial charge in [-0.25, -0.2) is 0 Å². The Labute approximate surface area is 167 Å². The van der Waals surface area contributed by atoms with Crippen LogP contribution in [0.15, 0.2) is 48.5 Å². The van der Waals surface area contributed by atoms with Crippen LogP contribution in [0.1, 0.15) is 32.4 Å². The van der Waals surface area contributed by atoms with Crippen LogP contribution in [0.5, 0.6) is 0 Å². The fourth-order valence-electron chi connectivity index (χ4n) is 4.55. The zero-order valence-corrected chi connectivity index (χ0v) is 17.0. The predicted molar refractivity (Wildman–Crippen MR) is 116 cm³/mol. The molecule has 2 N–H and O–H groups in total. The predicted octanol–water partition coefficient (Wildman–Crippen LogP) is 3.64. The van der Waals surface area contributed by atoms with Crippen LogP contribution >= 0.6 is 0 Å². The van der Waals surface area contributed by atoms with Crippen molar-refractivity contribution >= 4 is 23.0 Å². The van der Waals surface area contributed by atoms with E-state index in [1.54, 1.807) is 6.92 Å². The first-order chi connectivity index (χ1) is 13.6. The van der Waals surface area contributed by atoms with Crippen molar-refractivity contribution in [3.8, 4) is 0 Å². The molecule has 2 aliphatic heterocycles. The molecular formula is C23H30N4O. The molecule has 0 radical (unpaired) electrons. The van der Waals surface area contributed by atoms with Crippen LogP contribution in [0.3, 0.4) is 0 Å². The number of rotatable bonds is 3. The summed E-state index contributed by atoms with van der Waals surface area (Å²) >= 11 is 0. The van der Waals surface area contributed by atoms with Gasteiger partial charge in [0.1, 0.15) is 0 Å². The highest BCUT2D eigenvalue weighted by atomic mass is 16.2. The van der Waals surface area contributed by atoms with Crippen molar-refractivity contribution < 1.29 is 4.79 Å². The molecule has 0 unspecified atom stereocenters. The highest BCUT2D eigenvalue weighted by Crippen LogP contribution is 2.42. The number of piperazine rings is 1. The molecule has 148 valence electrons. The van der Waals surface area contributed by atoms with E-state index < -0.39 is 0 Å². The van der Waals surface area contributed by atoms with E-state index in [1.807, 2.05) is 11.0 Å². The molecule has 5 nitrogen and oxygen atoms in total. The van der Waals surface area contributed by atoms with Crippen molar-refractivity contribution in [2.24, 2.45) is 5.92 Å². The van der Waals surface area contributed by atoms with Gasteiger partial charge in [-0.2, -0.15) is 0 Å². The molecule has 1 saturated heterocycles. The third-order valence-electron chi connectivity index (χ3n) is 6.22. The van der Waals surface area contributed by atoms with E-state index in [0.717, 1.165) is 37.6 Å².